The Labute approximate surface area is 109 Å². The molecule has 1 atom stereocenters. The van der Waals surface area contributed by atoms with Gasteiger partial charge < -0.3 is 10.8 Å². The van der Waals surface area contributed by atoms with Crippen LogP contribution in [0.2, 0.25) is 0 Å². The minimum absolute atomic E-state index is 0.267. The maximum absolute atomic E-state index is 12.7. The smallest absolute Gasteiger partial charge is 0.123 e. The van der Waals surface area contributed by atoms with E-state index in [9.17, 15) is 9.50 Å². The molecule has 0 aliphatic carbocycles. The normalized spacial score (nSPS) is 12.3. The highest BCUT2D eigenvalue weighted by atomic mass is 32.2. The van der Waals surface area contributed by atoms with Gasteiger partial charge in [-0.2, -0.15) is 0 Å². The van der Waals surface area contributed by atoms with E-state index in [0.29, 0.717) is 17.0 Å². The molecule has 0 aliphatic heterocycles. The van der Waals surface area contributed by atoms with Crippen LogP contribution >= 0.6 is 11.8 Å². The minimum Gasteiger partial charge on any atom is -0.398 e. The van der Waals surface area contributed by atoms with E-state index >= 15 is 0 Å². The highest BCUT2D eigenvalue weighted by molar-refractivity contribution is 7.99. The summed E-state index contributed by atoms with van der Waals surface area (Å²) in [6, 6.07) is 7.81. The van der Waals surface area contributed by atoms with Gasteiger partial charge >= 0.3 is 0 Å². The molecule has 3 N–H and O–H groups in total. The number of thioether (sulfide) groups is 1. The molecule has 0 spiro atoms. The molecule has 18 heavy (non-hydrogen) atoms. The lowest BCUT2D eigenvalue weighted by atomic mass is 10.1. The van der Waals surface area contributed by atoms with Crippen LogP contribution in [-0.2, 0) is 0 Å². The zero-order valence-corrected chi connectivity index (χ0v) is 10.4. The van der Waals surface area contributed by atoms with Gasteiger partial charge in [-0.25, -0.2) is 4.39 Å². The molecular weight excluding hydrogens is 251 g/mol. The number of benzene rings is 1. The SMILES string of the molecule is Nc1ccncc1C(O)CSc1ccc(F)cc1. The average Bonchev–Trinajstić information content (AvgIpc) is 2.38. The van der Waals surface area contributed by atoms with Crippen LogP contribution in [0.4, 0.5) is 10.1 Å². The monoisotopic (exact) mass is 264 g/mol. The minimum atomic E-state index is -0.686. The van der Waals surface area contributed by atoms with Gasteiger partial charge in [0.2, 0.25) is 0 Å². The van der Waals surface area contributed by atoms with Gasteiger partial charge in [0.05, 0.1) is 6.10 Å². The molecule has 0 saturated heterocycles. The van der Waals surface area contributed by atoms with Crippen molar-refractivity contribution >= 4 is 17.4 Å². The van der Waals surface area contributed by atoms with Crippen molar-refractivity contribution in [3.05, 3.63) is 54.1 Å². The highest BCUT2D eigenvalue weighted by Crippen LogP contribution is 2.26. The number of anilines is 1. The summed E-state index contributed by atoms with van der Waals surface area (Å²) < 4.78 is 12.7. The zero-order valence-electron chi connectivity index (χ0n) is 9.58. The number of nitrogen functional groups attached to an aromatic ring is 1. The van der Waals surface area contributed by atoms with Crippen molar-refractivity contribution in [3.63, 3.8) is 0 Å². The summed E-state index contributed by atoms with van der Waals surface area (Å²) >= 11 is 1.44. The molecule has 2 aromatic rings. The van der Waals surface area contributed by atoms with Crippen LogP contribution in [-0.4, -0.2) is 15.8 Å². The first-order chi connectivity index (χ1) is 8.66. The lowest BCUT2D eigenvalue weighted by Gasteiger charge is -2.12. The van der Waals surface area contributed by atoms with Gasteiger partial charge in [-0.05, 0) is 30.3 Å². The van der Waals surface area contributed by atoms with E-state index in [4.69, 9.17) is 5.73 Å². The summed E-state index contributed by atoms with van der Waals surface area (Å²) in [4.78, 5) is 4.84. The molecule has 0 aliphatic rings. The number of aliphatic hydroxyl groups excluding tert-OH is 1. The van der Waals surface area contributed by atoms with Gasteiger partial charge in [-0.1, -0.05) is 0 Å². The van der Waals surface area contributed by atoms with Crippen LogP contribution in [0.25, 0.3) is 0 Å². The second kappa shape index (κ2) is 5.84. The van der Waals surface area contributed by atoms with Crippen molar-refractivity contribution in [2.24, 2.45) is 0 Å². The molecule has 1 aromatic carbocycles. The molecule has 1 heterocycles. The predicted molar refractivity (Wildman–Crippen MR) is 70.7 cm³/mol. The Morgan fingerprint density at radius 2 is 2.00 bits per heavy atom. The molecule has 0 bridgehead atoms. The van der Waals surface area contributed by atoms with E-state index in [-0.39, 0.29) is 5.82 Å². The van der Waals surface area contributed by atoms with E-state index in [1.54, 1.807) is 30.6 Å². The number of nitrogens with two attached hydrogens (primary N) is 1. The van der Waals surface area contributed by atoms with Crippen molar-refractivity contribution in [1.29, 1.82) is 0 Å². The van der Waals surface area contributed by atoms with Gasteiger partial charge in [-0.3, -0.25) is 4.98 Å². The van der Waals surface area contributed by atoms with Crippen molar-refractivity contribution in [1.82, 2.24) is 4.98 Å². The number of aromatic nitrogens is 1. The van der Waals surface area contributed by atoms with E-state index in [0.717, 1.165) is 4.90 Å². The summed E-state index contributed by atoms with van der Waals surface area (Å²) in [6.07, 6.45) is 2.46. The largest absolute Gasteiger partial charge is 0.398 e. The predicted octanol–water partition coefficient (Wildman–Crippen LogP) is 2.63. The van der Waals surface area contributed by atoms with Crippen LogP contribution in [0.5, 0.6) is 0 Å². The van der Waals surface area contributed by atoms with Crippen molar-refractivity contribution in [3.8, 4) is 0 Å². The summed E-state index contributed by atoms with van der Waals surface area (Å²) in [5, 5.41) is 10.0. The van der Waals surface area contributed by atoms with E-state index < -0.39 is 6.10 Å². The molecule has 2 rings (SSSR count). The third-order valence-corrected chi connectivity index (χ3v) is 3.56. The third kappa shape index (κ3) is 3.21. The second-order valence-corrected chi connectivity index (χ2v) is 4.88. The van der Waals surface area contributed by atoms with Crippen LogP contribution in [0, 0.1) is 5.82 Å². The molecule has 0 saturated carbocycles. The van der Waals surface area contributed by atoms with Gasteiger partial charge in [0, 0.05) is 34.3 Å². The Kier molecular flexibility index (Phi) is 4.17. The molecule has 1 aromatic heterocycles. The van der Waals surface area contributed by atoms with Crippen LogP contribution in [0.15, 0.2) is 47.6 Å². The Hall–Kier alpha value is -1.59. The quantitative estimate of drug-likeness (QED) is 0.833. The Bertz CT molecular complexity index is 519. The Morgan fingerprint density at radius 1 is 1.28 bits per heavy atom. The highest BCUT2D eigenvalue weighted by Gasteiger charge is 2.11. The number of rotatable bonds is 4. The van der Waals surface area contributed by atoms with Crippen LogP contribution < -0.4 is 5.73 Å². The number of halogens is 1. The van der Waals surface area contributed by atoms with Gasteiger partial charge in [-0.15, -0.1) is 11.8 Å². The van der Waals surface area contributed by atoms with Crippen LogP contribution in [0.1, 0.15) is 11.7 Å². The number of aliphatic hydroxyl groups is 1. The molecule has 3 nitrogen and oxygen atoms in total. The molecule has 0 amide bonds. The van der Waals surface area contributed by atoms with Crippen molar-refractivity contribution in [2.45, 2.75) is 11.0 Å². The van der Waals surface area contributed by atoms with E-state index in [1.165, 1.54) is 23.9 Å². The molecule has 1 unspecified atom stereocenters. The summed E-state index contributed by atoms with van der Waals surface area (Å²) in [5.41, 5.74) is 6.89. The van der Waals surface area contributed by atoms with E-state index in [1.807, 2.05) is 0 Å². The molecule has 0 radical (unpaired) electrons. The standard InChI is InChI=1S/C13H13FN2OS/c14-9-1-3-10(4-2-9)18-8-13(17)11-7-16-6-5-12(11)15/h1-7,13,17H,8H2,(H2,15,16). The Morgan fingerprint density at radius 3 is 2.67 bits per heavy atom. The topological polar surface area (TPSA) is 59.1 Å². The fraction of sp³-hybridized carbons (Fsp3) is 0.154. The van der Waals surface area contributed by atoms with E-state index in [2.05, 4.69) is 4.98 Å². The molecular formula is C13H13FN2OS. The van der Waals surface area contributed by atoms with Gasteiger partial charge in [0.15, 0.2) is 0 Å². The summed E-state index contributed by atoms with van der Waals surface area (Å²) in [6.45, 7) is 0. The lowest BCUT2D eigenvalue weighted by molar-refractivity contribution is 0.204. The number of hydrogen-bond donors (Lipinski definition) is 2. The molecule has 94 valence electrons. The van der Waals surface area contributed by atoms with Crippen LogP contribution in [0.3, 0.4) is 0 Å². The van der Waals surface area contributed by atoms with Gasteiger partial charge in [0.25, 0.3) is 0 Å². The van der Waals surface area contributed by atoms with Gasteiger partial charge in [0.1, 0.15) is 5.82 Å². The van der Waals surface area contributed by atoms with Crippen molar-refractivity contribution < 1.29 is 9.50 Å². The average molecular weight is 264 g/mol. The molecule has 0 fully saturated rings. The fourth-order valence-corrected chi connectivity index (χ4v) is 2.35. The molecule has 5 heteroatoms. The Balaban J connectivity index is 1.98. The first kappa shape index (κ1) is 12.9. The number of nitrogens with zero attached hydrogens (tertiary/aromatic N) is 1. The lowest BCUT2D eigenvalue weighted by Crippen LogP contribution is -2.05. The number of pyridine rings is 1. The first-order valence-electron chi connectivity index (χ1n) is 5.42. The second-order valence-electron chi connectivity index (χ2n) is 3.79. The third-order valence-electron chi connectivity index (χ3n) is 2.47. The zero-order chi connectivity index (χ0) is 13.0. The number of hydrogen-bond acceptors (Lipinski definition) is 4. The van der Waals surface area contributed by atoms with Crippen molar-refractivity contribution in [2.75, 3.05) is 11.5 Å². The summed E-state index contributed by atoms with van der Waals surface area (Å²) in [5.74, 6) is 0.179. The fourth-order valence-electron chi connectivity index (χ4n) is 1.49. The first-order valence-corrected chi connectivity index (χ1v) is 6.41. The maximum Gasteiger partial charge on any atom is 0.123 e. The summed E-state index contributed by atoms with van der Waals surface area (Å²) in [7, 11) is 0. The maximum atomic E-state index is 12.7.